The normalized spacial score (nSPS) is 12.0. The van der Waals surface area contributed by atoms with Crippen LogP contribution in [0.15, 0.2) is 72.8 Å². The summed E-state index contributed by atoms with van der Waals surface area (Å²) in [5.74, 6) is -0.945. The van der Waals surface area contributed by atoms with E-state index in [0.717, 1.165) is 21.7 Å². The van der Waals surface area contributed by atoms with E-state index in [1.807, 2.05) is 30.3 Å². The zero-order chi connectivity index (χ0) is 27.9. The minimum atomic E-state index is -3.95. The summed E-state index contributed by atoms with van der Waals surface area (Å²) >= 11 is 18.5. The summed E-state index contributed by atoms with van der Waals surface area (Å²) in [7, 11) is -3.95. The predicted molar refractivity (Wildman–Crippen MR) is 153 cm³/mol. The van der Waals surface area contributed by atoms with E-state index in [1.54, 1.807) is 37.3 Å². The Morgan fingerprint density at radius 2 is 1.55 bits per heavy atom. The van der Waals surface area contributed by atoms with Crippen molar-refractivity contribution in [3.63, 3.8) is 0 Å². The summed E-state index contributed by atoms with van der Waals surface area (Å²) in [5, 5.41) is 3.47. The quantitative estimate of drug-likeness (QED) is 0.330. The molecule has 38 heavy (non-hydrogen) atoms. The molecular weight excluding hydrogens is 569 g/mol. The maximum absolute atomic E-state index is 13.9. The Kier molecular flexibility index (Phi) is 10.4. The van der Waals surface area contributed by atoms with Gasteiger partial charge in [0.05, 0.1) is 22.0 Å². The lowest BCUT2D eigenvalue weighted by molar-refractivity contribution is -0.140. The summed E-state index contributed by atoms with van der Waals surface area (Å²) < 4.78 is 26.5. The van der Waals surface area contributed by atoms with Crippen molar-refractivity contribution in [2.45, 2.75) is 25.9 Å². The average Bonchev–Trinajstić information content (AvgIpc) is 2.87. The van der Waals surface area contributed by atoms with Crippen LogP contribution in [0.25, 0.3) is 0 Å². The first kappa shape index (κ1) is 29.8. The van der Waals surface area contributed by atoms with E-state index in [4.69, 9.17) is 34.8 Å². The van der Waals surface area contributed by atoms with Gasteiger partial charge in [0.15, 0.2) is 0 Å². The standard InChI is InChI=1S/C27H28Cl3N3O4S/c1-3-31-27(35)24(16-19-8-5-4-6-9-19)32(17-20-12-14-21(28)15-13-20)25(34)18-33(38(2,36)37)23-11-7-10-22(29)26(23)30/h4-15,24H,3,16-18H2,1-2H3,(H,31,35)/t24-/m1/s1. The number of halogens is 3. The van der Waals surface area contributed by atoms with Gasteiger partial charge in [-0.05, 0) is 42.3 Å². The van der Waals surface area contributed by atoms with E-state index >= 15 is 0 Å². The van der Waals surface area contributed by atoms with Crippen LogP contribution >= 0.6 is 34.8 Å². The van der Waals surface area contributed by atoms with E-state index in [1.165, 1.54) is 17.0 Å². The molecule has 11 heteroatoms. The number of anilines is 1. The molecule has 0 saturated carbocycles. The molecule has 0 spiro atoms. The van der Waals surface area contributed by atoms with Crippen molar-refractivity contribution < 1.29 is 18.0 Å². The fourth-order valence-corrected chi connectivity index (χ4v) is 5.34. The van der Waals surface area contributed by atoms with Gasteiger partial charge in [0.1, 0.15) is 12.6 Å². The highest BCUT2D eigenvalue weighted by molar-refractivity contribution is 7.92. The SMILES string of the molecule is CCNC(=O)[C@@H](Cc1ccccc1)N(Cc1ccc(Cl)cc1)C(=O)CN(c1cccc(Cl)c1Cl)S(C)(=O)=O. The number of nitrogens with zero attached hydrogens (tertiary/aromatic N) is 2. The lowest BCUT2D eigenvalue weighted by atomic mass is 10.0. The minimum Gasteiger partial charge on any atom is -0.355 e. The molecule has 3 aromatic carbocycles. The Balaban J connectivity index is 2.06. The number of hydrogen-bond donors (Lipinski definition) is 1. The number of hydrogen-bond acceptors (Lipinski definition) is 4. The largest absolute Gasteiger partial charge is 0.355 e. The molecule has 0 bridgehead atoms. The third kappa shape index (κ3) is 7.86. The van der Waals surface area contributed by atoms with Gasteiger partial charge >= 0.3 is 0 Å². The van der Waals surface area contributed by atoms with Crippen LogP contribution in [0.2, 0.25) is 15.1 Å². The lowest BCUT2D eigenvalue weighted by Gasteiger charge is -2.33. The second-order valence-electron chi connectivity index (χ2n) is 8.59. The Labute approximate surface area is 238 Å². The second-order valence-corrected chi connectivity index (χ2v) is 11.7. The van der Waals surface area contributed by atoms with Crippen LogP contribution in [-0.2, 0) is 32.6 Å². The van der Waals surface area contributed by atoms with Gasteiger partial charge in [0, 0.05) is 24.5 Å². The molecule has 0 saturated heterocycles. The van der Waals surface area contributed by atoms with Crippen molar-refractivity contribution in [2.75, 3.05) is 23.7 Å². The van der Waals surface area contributed by atoms with E-state index in [2.05, 4.69) is 5.32 Å². The number of rotatable bonds is 11. The van der Waals surface area contributed by atoms with Crippen LogP contribution < -0.4 is 9.62 Å². The number of nitrogens with one attached hydrogen (secondary N) is 1. The van der Waals surface area contributed by atoms with Crippen molar-refractivity contribution >= 4 is 62.3 Å². The van der Waals surface area contributed by atoms with E-state index in [-0.39, 0.29) is 34.6 Å². The number of carbonyl (C=O) groups is 2. The highest BCUT2D eigenvalue weighted by Gasteiger charge is 2.33. The van der Waals surface area contributed by atoms with Gasteiger partial charge in [-0.15, -0.1) is 0 Å². The summed E-state index contributed by atoms with van der Waals surface area (Å²) in [4.78, 5) is 28.6. The molecule has 0 aliphatic rings. The number of carbonyl (C=O) groups excluding carboxylic acids is 2. The summed E-state index contributed by atoms with van der Waals surface area (Å²) in [6, 6.07) is 19.8. The molecule has 0 aliphatic carbocycles. The molecule has 3 rings (SSSR count). The van der Waals surface area contributed by atoms with Gasteiger partial charge in [0.2, 0.25) is 21.8 Å². The first-order valence-corrected chi connectivity index (χ1v) is 14.8. The van der Waals surface area contributed by atoms with Gasteiger partial charge in [0.25, 0.3) is 0 Å². The van der Waals surface area contributed by atoms with Crippen LogP contribution in [-0.4, -0.2) is 50.5 Å². The van der Waals surface area contributed by atoms with E-state index in [9.17, 15) is 18.0 Å². The molecule has 0 unspecified atom stereocenters. The second kappa shape index (κ2) is 13.3. The van der Waals surface area contributed by atoms with Crippen molar-refractivity contribution in [3.05, 3.63) is 99.0 Å². The summed E-state index contributed by atoms with van der Waals surface area (Å²) in [6.45, 7) is 1.61. The monoisotopic (exact) mass is 595 g/mol. The summed E-state index contributed by atoms with van der Waals surface area (Å²) in [5.41, 5.74) is 1.63. The van der Waals surface area contributed by atoms with Crippen molar-refractivity contribution in [1.82, 2.24) is 10.2 Å². The minimum absolute atomic E-state index is 0.00112. The van der Waals surface area contributed by atoms with Crippen LogP contribution in [0.5, 0.6) is 0 Å². The Bertz CT molecular complexity index is 1370. The molecule has 1 N–H and O–H groups in total. The highest BCUT2D eigenvalue weighted by atomic mass is 35.5. The van der Waals surface area contributed by atoms with Crippen LogP contribution in [0.3, 0.4) is 0 Å². The molecule has 0 radical (unpaired) electrons. The summed E-state index contributed by atoms with van der Waals surface area (Å²) in [6.07, 6.45) is 1.20. The molecule has 0 aliphatic heterocycles. The number of sulfonamides is 1. The molecule has 7 nitrogen and oxygen atoms in total. The van der Waals surface area contributed by atoms with Gasteiger partial charge in [-0.2, -0.15) is 0 Å². The first-order valence-electron chi connectivity index (χ1n) is 11.8. The Morgan fingerprint density at radius 1 is 0.895 bits per heavy atom. The Hall–Kier alpha value is -2.78. The zero-order valence-corrected chi connectivity index (χ0v) is 24.0. The third-order valence-corrected chi connectivity index (χ3v) is 7.95. The molecule has 0 fully saturated rings. The van der Waals surface area contributed by atoms with Gasteiger partial charge < -0.3 is 10.2 Å². The number of likely N-dealkylation sites (N-methyl/N-ethyl adjacent to an activating group) is 1. The Morgan fingerprint density at radius 3 is 2.16 bits per heavy atom. The fourth-order valence-electron chi connectivity index (χ4n) is 3.91. The lowest BCUT2D eigenvalue weighted by Crippen LogP contribution is -2.53. The number of amides is 2. The van der Waals surface area contributed by atoms with Gasteiger partial charge in [-0.25, -0.2) is 8.42 Å². The molecule has 1 atom stereocenters. The first-order chi connectivity index (χ1) is 18.0. The highest BCUT2D eigenvalue weighted by Crippen LogP contribution is 2.34. The van der Waals surface area contributed by atoms with Crippen molar-refractivity contribution in [1.29, 1.82) is 0 Å². The molecule has 2 amide bonds. The van der Waals surface area contributed by atoms with Crippen LogP contribution in [0.4, 0.5) is 5.69 Å². The molecule has 0 aromatic heterocycles. The van der Waals surface area contributed by atoms with E-state index < -0.39 is 28.5 Å². The maximum atomic E-state index is 13.9. The third-order valence-electron chi connectivity index (χ3n) is 5.77. The smallest absolute Gasteiger partial charge is 0.244 e. The van der Waals surface area contributed by atoms with Crippen LogP contribution in [0.1, 0.15) is 18.1 Å². The molecule has 202 valence electrons. The van der Waals surface area contributed by atoms with Gasteiger partial charge in [-0.1, -0.05) is 83.3 Å². The van der Waals surface area contributed by atoms with Crippen molar-refractivity contribution in [2.24, 2.45) is 0 Å². The molecule has 3 aromatic rings. The topological polar surface area (TPSA) is 86.8 Å². The van der Waals surface area contributed by atoms with E-state index in [0.29, 0.717) is 11.6 Å². The predicted octanol–water partition coefficient (Wildman–Crippen LogP) is 5.19. The zero-order valence-electron chi connectivity index (χ0n) is 20.9. The number of benzene rings is 3. The fraction of sp³-hybridized carbons (Fsp3) is 0.259. The molecule has 0 heterocycles. The van der Waals surface area contributed by atoms with Gasteiger partial charge in [-0.3, -0.25) is 13.9 Å². The molecular formula is C27H28Cl3N3O4S. The average molecular weight is 597 g/mol. The van der Waals surface area contributed by atoms with Crippen molar-refractivity contribution in [3.8, 4) is 0 Å². The maximum Gasteiger partial charge on any atom is 0.244 e. The van der Waals surface area contributed by atoms with Crippen LogP contribution in [0, 0.1) is 0 Å².